The first kappa shape index (κ1) is 27.4. The molecule has 0 aliphatic rings. The molecule has 10 aromatic rings. The number of aromatic nitrogens is 5. The molecular weight excluding hydrogens is 599 g/mol. The zero-order chi connectivity index (χ0) is 32.3. The standard InChI is InChI=1S/C44H27N5/c1-2-11-31-27-34(24-21-28(31)10-1)41-37-16-5-6-17-38(37)45-43(47-41)30-22-19-29(20-23-30)32-12-9-13-33(26-32)40-35-14-3-4-15-36(35)42-44(48-40)49-25-8-7-18-39(49)46-42/h1-27H. The minimum atomic E-state index is 0.708. The molecule has 228 valence electrons. The molecule has 0 atom stereocenters. The van der Waals surface area contributed by atoms with Crippen molar-refractivity contribution in [1.82, 2.24) is 24.3 Å². The second-order valence-electron chi connectivity index (χ2n) is 12.4. The van der Waals surface area contributed by atoms with Crippen molar-refractivity contribution in [1.29, 1.82) is 0 Å². The van der Waals surface area contributed by atoms with Crippen molar-refractivity contribution in [3.63, 3.8) is 0 Å². The Hall–Kier alpha value is -6.72. The van der Waals surface area contributed by atoms with Gasteiger partial charge in [-0.3, -0.25) is 4.40 Å². The largest absolute Gasteiger partial charge is 0.284 e. The topological polar surface area (TPSA) is 56.0 Å². The van der Waals surface area contributed by atoms with Gasteiger partial charge in [-0.1, -0.05) is 127 Å². The predicted octanol–water partition coefficient (Wildman–Crippen LogP) is 10.8. The Labute approximate surface area is 281 Å². The molecule has 5 heteroatoms. The fourth-order valence-electron chi connectivity index (χ4n) is 6.97. The van der Waals surface area contributed by atoms with Crippen molar-refractivity contribution in [3.8, 4) is 45.0 Å². The van der Waals surface area contributed by atoms with Gasteiger partial charge in [0.15, 0.2) is 11.5 Å². The zero-order valence-corrected chi connectivity index (χ0v) is 26.3. The van der Waals surface area contributed by atoms with Crippen LogP contribution in [0.25, 0.3) is 94.3 Å². The molecule has 4 aromatic heterocycles. The number of fused-ring (bicyclic) bond motifs is 7. The second kappa shape index (κ2) is 10.9. The molecule has 4 heterocycles. The van der Waals surface area contributed by atoms with Crippen molar-refractivity contribution < 1.29 is 0 Å². The lowest BCUT2D eigenvalue weighted by atomic mass is 9.98. The van der Waals surface area contributed by atoms with Crippen LogP contribution in [0.2, 0.25) is 0 Å². The lowest BCUT2D eigenvalue weighted by Crippen LogP contribution is -1.95. The Kier molecular flexibility index (Phi) is 6.11. The number of para-hydroxylation sites is 1. The molecule has 0 unspecified atom stereocenters. The van der Waals surface area contributed by atoms with E-state index in [0.29, 0.717) is 5.82 Å². The lowest BCUT2D eigenvalue weighted by Gasteiger charge is -2.11. The monoisotopic (exact) mass is 625 g/mol. The van der Waals surface area contributed by atoms with Crippen molar-refractivity contribution in [2.75, 3.05) is 0 Å². The first-order chi connectivity index (χ1) is 24.3. The quantitative estimate of drug-likeness (QED) is 0.195. The summed E-state index contributed by atoms with van der Waals surface area (Å²) in [6, 6.07) is 54.8. The lowest BCUT2D eigenvalue weighted by molar-refractivity contribution is 1.19. The molecule has 0 fully saturated rings. The molecule has 49 heavy (non-hydrogen) atoms. The summed E-state index contributed by atoms with van der Waals surface area (Å²) < 4.78 is 2.06. The third-order valence-corrected chi connectivity index (χ3v) is 9.40. The average Bonchev–Trinajstić information content (AvgIpc) is 3.56. The van der Waals surface area contributed by atoms with E-state index in [9.17, 15) is 0 Å². The van der Waals surface area contributed by atoms with E-state index in [1.807, 2.05) is 36.5 Å². The number of rotatable bonds is 4. The Bertz CT molecular complexity index is 2890. The van der Waals surface area contributed by atoms with Gasteiger partial charge in [0.25, 0.3) is 0 Å². The molecule has 10 rings (SSSR count). The van der Waals surface area contributed by atoms with Crippen molar-refractivity contribution in [2.45, 2.75) is 0 Å². The van der Waals surface area contributed by atoms with Crippen LogP contribution in [0.1, 0.15) is 0 Å². The molecule has 0 bridgehead atoms. The maximum atomic E-state index is 5.21. The van der Waals surface area contributed by atoms with Crippen LogP contribution in [0.4, 0.5) is 0 Å². The highest BCUT2D eigenvalue weighted by Crippen LogP contribution is 2.35. The average molecular weight is 626 g/mol. The number of imidazole rings is 1. The molecule has 0 amide bonds. The van der Waals surface area contributed by atoms with Crippen LogP contribution in [-0.2, 0) is 0 Å². The van der Waals surface area contributed by atoms with Crippen LogP contribution >= 0.6 is 0 Å². The van der Waals surface area contributed by atoms with E-state index >= 15 is 0 Å². The van der Waals surface area contributed by atoms with E-state index < -0.39 is 0 Å². The molecule has 6 aromatic carbocycles. The van der Waals surface area contributed by atoms with Gasteiger partial charge in [-0.25, -0.2) is 19.9 Å². The van der Waals surface area contributed by atoms with E-state index in [-0.39, 0.29) is 0 Å². The first-order valence-electron chi connectivity index (χ1n) is 16.4. The number of benzene rings is 6. The zero-order valence-electron chi connectivity index (χ0n) is 26.3. The number of hydrogen-bond acceptors (Lipinski definition) is 4. The minimum Gasteiger partial charge on any atom is -0.284 e. The summed E-state index contributed by atoms with van der Waals surface area (Å²) in [4.78, 5) is 20.3. The van der Waals surface area contributed by atoms with Crippen molar-refractivity contribution in [3.05, 3.63) is 164 Å². The third-order valence-electron chi connectivity index (χ3n) is 9.40. The fourth-order valence-corrected chi connectivity index (χ4v) is 6.97. The van der Waals surface area contributed by atoms with E-state index in [1.54, 1.807) is 0 Å². The van der Waals surface area contributed by atoms with Crippen LogP contribution in [0.5, 0.6) is 0 Å². The maximum Gasteiger partial charge on any atom is 0.165 e. The van der Waals surface area contributed by atoms with Crippen LogP contribution in [0.3, 0.4) is 0 Å². The Morgan fingerprint density at radius 3 is 1.96 bits per heavy atom. The van der Waals surface area contributed by atoms with Gasteiger partial charge in [0.2, 0.25) is 0 Å². The highest BCUT2D eigenvalue weighted by atomic mass is 15.1. The van der Waals surface area contributed by atoms with E-state index in [4.69, 9.17) is 19.9 Å². The molecule has 0 spiro atoms. The summed E-state index contributed by atoms with van der Waals surface area (Å²) in [6.45, 7) is 0. The molecule has 0 aliphatic carbocycles. The second-order valence-corrected chi connectivity index (χ2v) is 12.4. The molecular formula is C44H27N5. The summed E-state index contributed by atoms with van der Waals surface area (Å²) in [5.74, 6) is 0.708. The number of hydrogen-bond donors (Lipinski definition) is 0. The summed E-state index contributed by atoms with van der Waals surface area (Å²) >= 11 is 0. The van der Waals surface area contributed by atoms with Gasteiger partial charge in [-0.2, -0.15) is 0 Å². The summed E-state index contributed by atoms with van der Waals surface area (Å²) in [6.07, 6.45) is 2.03. The van der Waals surface area contributed by atoms with Gasteiger partial charge in [-0.15, -0.1) is 0 Å². The molecule has 0 saturated carbocycles. The minimum absolute atomic E-state index is 0.708. The van der Waals surface area contributed by atoms with Gasteiger partial charge in [0.05, 0.1) is 16.9 Å². The first-order valence-corrected chi connectivity index (χ1v) is 16.4. The van der Waals surface area contributed by atoms with Crippen LogP contribution in [0, 0.1) is 0 Å². The summed E-state index contributed by atoms with van der Waals surface area (Å²) in [5, 5.41) is 5.63. The van der Waals surface area contributed by atoms with Crippen LogP contribution in [-0.4, -0.2) is 24.3 Å². The smallest absolute Gasteiger partial charge is 0.165 e. The highest BCUT2D eigenvalue weighted by molar-refractivity contribution is 6.09. The van der Waals surface area contributed by atoms with Crippen molar-refractivity contribution in [2.24, 2.45) is 0 Å². The van der Waals surface area contributed by atoms with Gasteiger partial charge < -0.3 is 0 Å². The van der Waals surface area contributed by atoms with Gasteiger partial charge in [0, 0.05) is 39.0 Å². The van der Waals surface area contributed by atoms with Crippen molar-refractivity contribution >= 4 is 49.3 Å². The van der Waals surface area contributed by atoms with E-state index in [1.165, 1.54) is 10.8 Å². The number of nitrogens with zero attached hydrogens (tertiary/aromatic N) is 5. The summed E-state index contributed by atoms with van der Waals surface area (Å²) in [7, 11) is 0. The Morgan fingerprint density at radius 1 is 0.388 bits per heavy atom. The third kappa shape index (κ3) is 4.55. The van der Waals surface area contributed by atoms with Gasteiger partial charge >= 0.3 is 0 Å². The molecule has 0 radical (unpaired) electrons. The van der Waals surface area contributed by atoms with E-state index in [2.05, 4.69) is 132 Å². The van der Waals surface area contributed by atoms with E-state index in [0.717, 1.165) is 77.7 Å². The number of pyridine rings is 2. The normalized spacial score (nSPS) is 11.7. The fraction of sp³-hybridized carbons (Fsp3) is 0. The van der Waals surface area contributed by atoms with Gasteiger partial charge in [-0.05, 0) is 52.2 Å². The van der Waals surface area contributed by atoms with Gasteiger partial charge in [0.1, 0.15) is 11.2 Å². The van der Waals surface area contributed by atoms with Crippen LogP contribution < -0.4 is 0 Å². The molecule has 0 N–H and O–H groups in total. The molecule has 0 saturated heterocycles. The molecule has 5 nitrogen and oxygen atoms in total. The van der Waals surface area contributed by atoms with Crippen LogP contribution in [0.15, 0.2) is 164 Å². The maximum absolute atomic E-state index is 5.21. The SMILES string of the molecule is c1cc(-c2ccc(-c3nc(-c4ccc5ccccc5c4)c4ccccc4n3)cc2)cc(-c2nc3c(nc4ccccn43)c3ccccc23)c1. The highest BCUT2D eigenvalue weighted by Gasteiger charge is 2.16. The predicted molar refractivity (Wildman–Crippen MR) is 200 cm³/mol. The summed E-state index contributed by atoms with van der Waals surface area (Å²) in [5.41, 5.74) is 10.8. The Balaban J connectivity index is 1.05. The Morgan fingerprint density at radius 2 is 1.06 bits per heavy atom. The molecule has 0 aliphatic heterocycles.